The average molecular weight is 398 g/mol. The highest BCUT2D eigenvalue weighted by atomic mass is 32.2. The van der Waals surface area contributed by atoms with Crippen LogP contribution in [-0.4, -0.2) is 58.1 Å². The fourth-order valence-electron chi connectivity index (χ4n) is 3.13. The largest absolute Gasteiger partial charge is 0.303 e. The Hall–Kier alpha value is -1.62. The summed E-state index contributed by atoms with van der Waals surface area (Å²) in [6.45, 7) is 2.41. The number of rotatable bonds is 5. The van der Waals surface area contributed by atoms with Gasteiger partial charge in [-0.2, -0.15) is 9.40 Å². The molecule has 2 heterocycles. The first-order valence-corrected chi connectivity index (χ1v) is 10.4. The number of halogens is 1. The van der Waals surface area contributed by atoms with Gasteiger partial charge in [0, 0.05) is 32.2 Å². The Balaban J connectivity index is 1.40. The second-order valence-electron chi connectivity index (χ2n) is 6.67. The van der Waals surface area contributed by atoms with Crippen molar-refractivity contribution in [3.63, 3.8) is 0 Å². The van der Waals surface area contributed by atoms with Gasteiger partial charge in [-0.1, -0.05) is 6.07 Å². The predicted octanol–water partition coefficient (Wildman–Crippen LogP) is 1.85. The van der Waals surface area contributed by atoms with Crippen molar-refractivity contribution in [3.8, 4) is 0 Å². The molecule has 1 aliphatic carbocycles. The van der Waals surface area contributed by atoms with Crippen molar-refractivity contribution < 1.29 is 12.8 Å². The molecular formula is C16H20FN5O2S2. The van der Waals surface area contributed by atoms with Crippen LogP contribution >= 0.6 is 12.2 Å². The summed E-state index contributed by atoms with van der Waals surface area (Å²) in [6, 6.07) is 5.63. The van der Waals surface area contributed by atoms with Crippen LogP contribution in [0.4, 0.5) is 4.39 Å². The minimum Gasteiger partial charge on any atom is -0.303 e. The number of benzene rings is 1. The lowest BCUT2D eigenvalue weighted by Crippen LogP contribution is -2.48. The van der Waals surface area contributed by atoms with Crippen LogP contribution in [-0.2, 0) is 16.7 Å². The first-order valence-electron chi connectivity index (χ1n) is 8.57. The SMILES string of the molecule is O=S(=O)(c1cccc(F)c1)N1CCN(Cn2ncn(C3CC3)c2=S)CC1. The predicted molar refractivity (Wildman–Crippen MR) is 96.1 cm³/mol. The van der Waals surface area contributed by atoms with Crippen LogP contribution < -0.4 is 0 Å². The molecule has 4 rings (SSSR count). The van der Waals surface area contributed by atoms with E-state index in [4.69, 9.17) is 12.2 Å². The Labute approximate surface area is 156 Å². The molecule has 0 spiro atoms. The van der Waals surface area contributed by atoms with Crippen LogP contribution in [0.2, 0.25) is 0 Å². The van der Waals surface area contributed by atoms with Crippen molar-refractivity contribution in [2.75, 3.05) is 26.2 Å². The Kier molecular flexibility index (Phi) is 4.68. The van der Waals surface area contributed by atoms with Gasteiger partial charge in [-0.3, -0.25) is 4.90 Å². The van der Waals surface area contributed by atoms with Crippen molar-refractivity contribution in [2.45, 2.75) is 30.4 Å². The average Bonchev–Trinajstić information content (AvgIpc) is 3.40. The Morgan fingerprint density at radius 2 is 1.92 bits per heavy atom. The molecule has 1 aromatic carbocycles. The monoisotopic (exact) mass is 397 g/mol. The number of aromatic nitrogens is 3. The summed E-state index contributed by atoms with van der Waals surface area (Å²) in [5, 5.41) is 4.36. The molecule has 0 N–H and O–H groups in total. The second kappa shape index (κ2) is 6.84. The number of hydrogen-bond acceptors (Lipinski definition) is 5. The molecule has 0 amide bonds. The number of sulfonamides is 1. The molecule has 1 aliphatic heterocycles. The van der Waals surface area contributed by atoms with Crippen LogP contribution in [0.15, 0.2) is 35.5 Å². The van der Waals surface area contributed by atoms with Crippen molar-refractivity contribution in [1.29, 1.82) is 0 Å². The van der Waals surface area contributed by atoms with E-state index in [0.29, 0.717) is 43.7 Å². The van der Waals surface area contributed by atoms with E-state index in [0.717, 1.165) is 18.9 Å². The van der Waals surface area contributed by atoms with Gasteiger partial charge in [0.25, 0.3) is 0 Å². The first-order chi connectivity index (χ1) is 12.4. The lowest BCUT2D eigenvalue weighted by molar-refractivity contribution is 0.144. The van der Waals surface area contributed by atoms with E-state index in [-0.39, 0.29) is 4.90 Å². The zero-order valence-corrected chi connectivity index (χ0v) is 15.8. The van der Waals surface area contributed by atoms with Crippen LogP contribution in [0, 0.1) is 10.6 Å². The number of piperazine rings is 1. The molecule has 2 aromatic rings. The van der Waals surface area contributed by atoms with Crippen LogP contribution in [0.25, 0.3) is 0 Å². The van der Waals surface area contributed by atoms with Crippen LogP contribution in [0.5, 0.6) is 0 Å². The van der Waals surface area contributed by atoms with Gasteiger partial charge >= 0.3 is 0 Å². The van der Waals surface area contributed by atoms with Gasteiger partial charge in [-0.25, -0.2) is 17.5 Å². The molecule has 140 valence electrons. The van der Waals surface area contributed by atoms with Gasteiger partial charge in [0.05, 0.1) is 11.6 Å². The van der Waals surface area contributed by atoms with Gasteiger partial charge in [-0.15, -0.1) is 0 Å². The fourth-order valence-corrected chi connectivity index (χ4v) is 4.88. The molecule has 26 heavy (non-hydrogen) atoms. The summed E-state index contributed by atoms with van der Waals surface area (Å²) in [5.41, 5.74) is 0. The van der Waals surface area contributed by atoms with E-state index in [1.807, 2.05) is 4.57 Å². The fraction of sp³-hybridized carbons (Fsp3) is 0.500. The molecule has 10 heteroatoms. The normalized spacial score (nSPS) is 19.7. The highest BCUT2D eigenvalue weighted by Gasteiger charge is 2.29. The summed E-state index contributed by atoms with van der Waals surface area (Å²) in [4.78, 5) is 2.12. The molecule has 0 radical (unpaired) electrons. The van der Waals surface area contributed by atoms with Crippen molar-refractivity contribution in [3.05, 3.63) is 41.2 Å². The van der Waals surface area contributed by atoms with Crippen LogP contribution in [0.3, 0.4) is 0 Å². The minimum atomic E-state index is -3.67. The maximum atomic E-state index is 13.4. The zero-order chi connectivity index (χ0) is 18.3. The number of hydrogen-bond donors (Lipinski definition) is 0. The van der Waals surface area contributed by atoms with E-state index in [2.05, 4.69) is 10.00 Å². The van der Waals surface area contributed by atoms with E-state index < -0.39 is 15.8 Å². The summed E-state index contributed by atoms with van der Waals surface area (Å²) < 4.78 is 44.6. The quantitative estimate of drug-likeness (QED) is 0.721. The maximum absolute atomic E-state index is 13.4. The zero-order valence-electron chi connectivity index (χ0n) is 14.2. The summed E-state index contributed by atoms with van der Waals surface area (Å²) in [5.74, 6) is -0.551. The van der Waals surface area contributed by atoms with E-state index in [1.165, 1.54) is 22.5 Å². The van der Waals surface area contributed by atoms with Gasteiger partial charge in [-0.05, 0) is 43.3 Å². The topological polar surface area (TPSA) is 63.4 Å². The second-order valence-corrected chi connectivity index (χ2v) is 8.98. The van der Waals surface area contributed by atoms with E-state index in [1.54, 1.807) is 11.0 Å². The first kappa shape index (κ1) is 17.8. The van der Waals surface area contributed by atoms with Crippen molar-refractivity contribution in [2.24, 2.45) is 0 Å². The molecule has 1 saturated carbocycles. The highest BCUT2D eigenvalue weighted by Crippen LogP contribution is 2.34. The summed E-state index contributed by atoms with van der Waals surface area (Å²) in [7, 11) is -3.67. The highest BCUT2D eigenvalue weighted by molar-refractivity contribution is 7.89. The van der Waals surface area contributed by atoms with Gasteiger partial charge in [0.15, 0.2) is 4.77 Å². The summed E-state index contributed by atoms with van der Waals surface area (Å²) in [6.07, 6.45) is 4.08. The molecule has 0 unspecified atom stereocenters. The van der Waals surface area contributed by atoms with E-state index >= 15 is 0 Å². The third kappa shape index (κ3) is 3.46. The molecule has 2 aliphatic rings. The molecule has 0 bridgehead atoms. The standard InChI is InChI=1S/C16H20FN5O2S2/c17-13-2-1-3-15(10-13)26(23,24)20-8-6-19(7-9-20)12-22-16(25)21(11-18-22)14-4-5-14/h1-3,10-11,14H,4-9,12H2. The lowest BCUT2D eigenvalue weighted by Gasteiger charge is -2.33. The third-order valence-electron chi connectivity index (χ3n) is 4.80. The van der Waals surface area contributed by atoms with Crippen LogP contribution in [0.1, 0.15) is 18.9 Å². The molecule has 1 saturated heterocycles. The van der Waals surface area contributed by atoms with Gasteiger partial charge in [0.2, 0.25) is 10.0 Å². The summed E-state index contributed by atoms with van der Waals surface area (Å²) >= 11 is 5.46. The molecule has 1 aromatic heterocycles. The van der Waals surface area contributed by atoms with E-state index in [9.17, 15) is 12.8 Å². The molecule has 7 nitrogen and oxygen atoms in total. The Morgan fingerprint density at radius 3 is 2.58 bits per heavy atom. The van der Waals surface area contributed by atoms with Gasteiger partial charge in [0.1, 0.15) is 12.1 Å². The smallest absolute Gasteiger partial charge is 0.243 e. The Bertz CT molecular complexity index is 959. The van der Waals surface area contributed by atoms with Gasteiger partial charge < -0.3 is 4.57 Å². The molecule has 2 fully saturated rings. The molecular weight excluding hydrogens is 377 g/mol. The maximum Gasteiger partial charge on any atom is 0.243 e. The third-order valence-corrected chi connectivity index (χ3v) is 7.11. The minimum absolute atomic E-state index is 0.00338. The Morgan fingerprint density at radius 1 is 1.19 bits per heavy atom. The molecule has 0 atom stereocenters. The number of nitrogens with zero attached hydrogens (tertiary/aromatic N) is 5. The lowest BCUT2D eigenvalue weighted by atomic mass is 10.4. The van der Waals surface area contributed by atoms with Crippen molar-refractivity contribution >= 4 is 22.2 Å². The van der Waals surface area contributed by atoms with Crippen molar-refractivity contribution in [1.82, 2.24) is 23.6 Å².